The summed E-state index contributed by atoms with van der Waals surface area (Å²) in [6.45, 7) is 1.88. The number of anilines is 1. The fourth-order valence-electron chi connectivity index (χ4n) is 3.15. The van der Waals surface area contributed by atoms with Crippen molar-refractivity contribution in [1.82, 2.24) is 0 Å². The molecule has 8 heteroatoms. The summed E-state index contributed by atoms with van der Waals surface area (Å²) in [5, 5.41) is 9.24. The lowest BCUT2D eigenvalue weighted by Crippen LogP contribution is -2.27. The van der Waals surface area contributed by atoms with Crippen molar-refractivity contribution in [3.63, 3.8) is 0 Å². The summed E-state index contributed by atoms with van der Waals surface area (Å²) in [5.41, 5.74) is 2.41. The smallest absolute Gasteiger partial charge is 0.335 e. The zero-order valence-corrected chi connectivity index (χ0v) is 18.3. The Labute approximate surface area is 188 Å². The molecule has 0 saturated carbocycles. The van der Waals surface area contributed by atoms with Crippen LogP contribution in [0.2, 0.25) is 0 Å². The Hall–Kier alpha value is -3.36. The Morgan fingerprint density at radius 3 is 2.58 bits per heavy atom. The first-order chi connectivity index (χ1) is 14.9. The van der Waals surface area contributed by atoms with Gasteiger partial charge in [0.15, 0.2) is 4.32 Å². The standard InChI is InChI=1S/C23H17NO5S2/c1-13-3-4-14(22(26)27)11-18(13)19-10-9-17(29-19)12-20-21(25)24(23(30)31-20)15-5-7-16(28-2)8-6-15/h3-12H,1-2H3,(H,26,27)/b20-12+. The number of aryl methyl sites for hydroxylation is 1. The van der Waals surface area contributed by atoms with E-state index < -0.39 is 5.97 Å². The summed E-state index contributed by atoms with van der Waals surface area (Å²) in [4.78, 5) is 26.1. The molecule has 4 rings (SSSR count). The van der Waals surface area contributed by atoms with Gasteiger partial charge < -0.3 is 14.3 Å². The number of aromatic carboxylic acids is 1. The number of ether oxygens (including phenoxy) is 1. The molecule has 3 aromatic rings. The van der Waals surface area contributed by atoms with Crippen LogP contribution in [0.15, 0.2) is 63.9 Å². The average molecular weight is 452 g/mol. The van der Waals surface area contributed by atoms with Crippen LogP contribution < -0.4 is 9.64 Å². The van der Waals surface area contributed by atoms with Crippen LogP contribution in [0.3, 0.4) is 0 Å². The third-order valence-electron chi connectivity index (χ3n) is 4.77. The number of thioether (sulfide) groups is 1. The molecule has 0 spiro atoms. The van der Waals surface area contributed by atoms with Gasteiger partial charge in [-0.3, -0.25) is 9.69 Å². The first-order valence-electron chi connectivity index (χ1n) is 9.23. The third kappa shape index (κ3) is 4.12. The highest BCUT2D eigenvalue weighted by atomic mass is 32.2. The predicted molar refractivity (Wildman–Crippen MR) is 124 cm³/mol. The molecule has 31 heavy (non-hydrogen) atoms. The van der Waals surface area contributed by atoms with Crippen LogP contribution >= 0.6 is 24.0 Å². The summed E-state index contributed by atoms with van der Waals surface area (Å²) in [5.74, 6) is 0.454. The van der Waals surface area contributed by atoms with Crippen LogP contribution in [0, 0.1) is 6.92 Å². The summed E-state index contributed by atoms with van der Waals surface area (Å²) in [6, 6.07) is 15.4. The van der Waals surface area contributed by atoms with Crippen LogP contribution in [0.5, 0.6) is 5.75 Å². The molecule has 0 atom stereocenters. The highest BCUT2D eigenvalue weighted by Gasteiger charge is 2.33. The lowest BCUT2D eigenvalue weighted by molar-refractivity contribution is -0.113. The molecule has 0 unspecified atom stereocenters. The van der Waals surface area contributed by atoms with E-state index in [0.717, 1.165) is 5.56 Å². The van der Waals surface area contributed by atoms with E-state index in [0.29, 0.717) is 37.7 Å². The number of carbonyl (C=O) groups excluding carboxylic acids is 1. The van der Waals surface area contributed by atoms with Crippen LogP contribution in [0.4, 0.5) is 5.69 Å². The van der Waals surface area contributed by atoms with E-state index in [2.05, 4.69) is 0 Å². The molecule has 1 saturated heterocycles. The van der Waals surface area contributed by atoms with E-state index in [9.17, 15) is 14.7 Å². The number of carboxylic acids is 1. The van der Waals surface area contributed by atoms with Crippen molar-refractivity contribution >= 4 is 51.9 Å². The molecular formula is C23H17NO5S2. The normalized spacial score (nSPS) is 15.0. The molecule has 1 aliphatic rings. The van der Waals surface area contributed by atoms with Crippen molar-refractivity contribution in [3.8, 4) is 17.1 Å². The SMILES string of the molecule is COc1ccc(N2C(=O)/C(=C\c3ccc(-c4cc(C(=O)O)ccc4C)o3)SC2=S)cc1. The van der Waals surface area contributed by atoms with E-state index in [1.165, 1.54) is 16.7 Å². The van der Waals surface area contributed by atoms with E-state index in [1.807, 2.05) is 6.92 Å². The molecule has 156 valence electrons. The highest BCUT2D eigenvalue weighted by molar-refractivity contribution is 8.27. The van der Waals surface area contributed by atoms with Crippen LogP contribution in [-0.2, 0) is 4.79 Å². The maximum Gasteiger partial charge on any atom is 0.335 e. The molecule has 6 nitrogen and oxygen atoms in total. The number of amides is 1. The van der Waals surface area contributed by atoms with E-state index in [1.54, 1.807) is 67.8 Å². The van der Waals surface area contributed by atoms with Gasteiger partial charge in [-0.1, -0.05) is 30.0 Å². The minimum absolute atomic E-state index is 0.180. The third-order valence-corrected chi connectivity index (χ3v) is 6.08. The van der Waals surface area contributed by atoms with E-state index in [-0.39, 0.29) is 11.5 Å². The second-order valence-corrected chi connectivity index (χ2v) is 8.43. The van der Waals surface area contributed by atoms with Gasteiger partial charge in [0, 0.05) is 11.6 Å². The van der Waals surface area contributed by atoms with Crippen molar-refractivity contribution in [3.05, 3.63) is 76.4 Å². The number of carbonyl (C=O) groups is 2. The number of furan rings is 1. The van der Waals surface area contributed by atoms with Crippen molar-refractivity contribution in [2.24, 2.45) is 0 Å². The number of methoxy groups -OCH3 is 1. The second-order valence-electron chi connectivity index (χ2n) is 6.75. The van der Waals surface area contributed by atoms with E-state index >= 15 is 0 Å². The summed E-state index contributed by atoms with van der Waals surface area (Å²) in [6.07, 6.45) is 1.64. The molecule has 0 radical (unpaired) electrons. The van der Waals surface area contributed by atoms with Crippen molar-refractivity contribution in [1.29, 1.82) is 0 Å². The molecule has 2 aromatic carbocycles. The fraction of sp³-hybridized carbons (Fsp3) is 0.0870. The fourth-order valence-corrected chi connectivity index (χ4v) is 4.43. The van der Waals surface area contributed by atoms with Crippen molar-refractivity contribution in [2.75, 3.05) is 12.0 Å². The molecular weight excluding hydrogens is 434 g/mol. The topological polar surface area (TPSA) is 80.0 Å². The lowest BCUT2D eigenvalue weighted by Gasteiger charge is -2.14. The summed E-state index contributed by atoms with van der Waals surface area (Å²) >= 11 is 6.60. The second kappa shape index (κ2) is 8.41. The predicted octanol–water partition coefficient (Wildman–Crippen LogP) is 5.37. The number of benzene rings is 2. The number of nitrogens with zero attached hydrogens (tertiary/aromatic N) is 1. The Morgan fingerprint density at radius 2 is 1.90 bits per heavy atom. The van der Waals surface area contributed by atoms with Crippen LogP contribution in [-0.4, -0.2) is 28.4 Å². The van der Waals surface area contributed by atoms with Crippen LogP contribution in [0.25, 0.3) is 17.4 Å². The number of carboxylic acid groups (broad SMARTS) is 1. The molecule has 1 aromatic heterocycles. The first kappa shape index (κ1) is 20.9. The Balaban J connectivity index is 1.61. The van der Waals surface area contributed by atoms with Gasteiger partial charge in [-0.25, -0.2) is 4.79 Å². The Morgan fingerprint density at radius 1 is 1.16 bits per heavy atom. The van der Waals surface area contributed by atoms with Gasteiger partial charge in [0.1, 0.15) is 17.3 Å². The minimum Gasteiger partial charge on any atom is -0.497 e. The molecule has 1 N–H and O–H groups in total. The van der Waals surface area contributed by atoms with Crippen molar-refractivity contribution in [2.45, 2.75) is 6.92 Å². The monoisotopic (exact) mass is 451 g/mol. The molecule has 1 fully saturated rings. The van der Waals surface area contributed by atoms with Gasteiger partial charge in [-0.05, 0) is 61.0 Å². The van der Waals surface area contributed by atoms with Crippen LogP contribution in [0.1, 0.15) is 21.7 Å². The van der Waals surface area contributed by atoms with Gasteiger partial charge in [0.25, 0.3) is 5.91 Å². The Kier molecular flexibility index (Phi) is 5.67. The first-order valence-corrected chi connectivity index (χ1v) is 10.5. The number of hydrogen-bond donors (Lipinski definition) is 1. The largest absolute Gasteiger partial charge is 0.497 e. The molecule has 0 aliphatic carbocycles. The molecule has 1 aliphatic heterocycles. The van der Waals surface area contributed by atoms with Gasteiger partial charge in [0.2, 0.25) is 0 Å². The zero-order valence-electron chi connectivity index (χ0n) is 16.6. The van der Waals surface area contributed by atoms with Gasteiger partial charge in [0.05, 0.1) is 23.3 Å². The average Bonchev–Trinajstić information content (AvgIpc) is 3.32. The zero-order chi connectivity index (χ0) is 22.1. The van der Waals surface area contributed by atoms with Gasteiger partial charge in [-0.15, -0.1) is 0 Å². The summed E-state index contributed by atoms with van der Waals surface area (Å²) in [7, 11) is 1.58. The van der Waals surface area contributed by atoms with Gasteiger partial charge in [-0.2, -0.15) is 0 Å². The molecule has 2 heterocycles. The maximum atomic E-state index is 12.9. The lowest BCUT2D eigenvalue weighted by atomic mass is 10.0. The highest BCUT2D eigenvalue weighted by Crippen LogP contribution is 2.37. The molecule has 1 amide bonds. The minimum atomic E-state index is -1.00. The quantitative estimate of drug-likeness (QED) is 0.413. The molecule has 0 bridgehead atoms. The maximum absolute atomic E-state index is 12.9. The van der Waals surface area contributed by atoms with Gasteiger partial charge >= 0.3 is 5.97 Å². The number of thiocarbonyl (C=S) groups is 1. The number of rotatable bonds is 5. The van der Waals surface area contributed by atoms with E-state index in [4.69, 9.17) is 21.4 Å². The number of hydrogen-bond acceptors (Lipinski definition) is 6. The van der Waals surface area contributed by atoms with Crippen molar-refractivity contribution < 1.29 is 23.8 Å². The summed E-state index contributed by atoms with van der Waals surface area (Å²) < 4.78 is 11.5. The Bertz CT molecular complexity index is 1230.